The highest BCUT2D eigenvalue weighted by atomic mass is 32.2. The smallest absolute Gasteiger partial charge is 0.232 e. The average Bonchev–Trinajstić information content (AvgIpc) is 2.52. The van der Waals surface area contributed by atoms with Crippen LogP contribution in [-0.2, 0) is 21.2 Å². The molecule has 0 aromatic heterocycles. The van der Waals surface area contributed by atoms with Gasteiger partial charge < -0.3 is 5.32 Å². The fraction of sp³-hybridized carbons (Fsp3) is 0.316. The molecule has 7 heteroatoms. The first-order valence-corrected chi connectivity index (χ1v) is 10.1. The number of rotatable bonds is 7. The Kier molecular flexibility index (Phi) is 6.37. The third kappa shape index (κ3) is 5.29. The summed E-state index contributed by atoms with van der Waals surface area (Å²) in [6, 6.07) is 11.4. The lowest BCUT2D eigenvalue weighted by Crippen LogP contribution is -2.39. The lowest BCUT2D eigenvalue weighted by atomic mass is 10.1. The Hall–Kier alpha value is -2.41. The molecule has 0 saturated heterocycles. The molecule has 1 amide bonds. The van der Waals surface area contributed by atoms with E-state index in [2.05, 4.69) is 5.32 Å². The van der Waals surface area contributed by atoms with Crippen molar-refractivity contribution in [3.8, 4) is 0 Å². The second-order valence-corrected chi connectivity index (χ2v) is 8.14. The maximum atomic E-state index is 13.2. The number of hydrogen-bond donors (Lipinski definition) is 1. The van der Waals surface area contributed by atoms with Crippen molar-refractivity contribution in [3.05, 3.63) is 65.0 Å². The molecule has 140 valence electrons. The number of carbonyl (C=O) groups is 1. The third-order valence-corrected chi connectivity index (χ3v) is 5.15. The van der Waals surface area contributed by atoms with Crippen LogP contribution in [0.4, 0.5) is 10.1 Å². The van der Waals surface area contributed by atoms with Crippen molar-refractivity contribution in [2.45, 2.75) is 20.3 Å². The van der Waals surface area contributed by atoms with Crippen LogP contribution in [0.1, 0.15) is 16.7 Å². The Balaban J connectivity index is 2.03. The molecule has 0 radical (unpaired) electrons. The molecule has 5 nitrogen and oxygen atoms in total. The molecular formula is C19H23FN2O3S. The van der Waals surface area contributed by atoms with E-state index in [1.165, 1.54) is 16.4 Å². The van der Waals surface area contributed by atoms with Gasteiger partial charge in [-0.3, -0.25) is 9.10 Å². The van der Waals surface area contributed by atoms with Crippen molar-refractivity contribution in [1.29, 1.82) is 0 Å². The Bertz CT molecular complexity index is 877. The lowest BCUT2D eigenvalue weighted by Gasteiger charge is -2.26. The van der Waals surface area contributed by atoms with E-state index >= 15 is 0 Å². The predicted octanol–water partition coefficient (Wildman–Crippen LogP) is 2.57. The summed E-state index contributed by atoms with van der Waals surface area (Å²) in [5, 5.41) is 2.69. The molecule has 0 aliphatic carbocycles. The first-order valence-electron chi connectivity index (χ1n) is 8.23. The molecule has 0 aliphatic heterocycles. The van der Waals surface area contributed by atoms with E-state index in [4.69, 9.17) is 0 Å². The zero-order valence-corrected chi connectivity index (χ0v) is 15.9. The van der Waals surface area contributed by atoms with Crippen molar-refractivity contribution in [3.63, 3.8) is 0 Å². The van der Waals surface area contributed by atoms with E-state index in [0.29, 0.717) is 11.3 Å². The zero-order chi connectivity index (χ0) is 19.3. The molecule has 0 unspecified atom stereocenters. The van der Waals surface area contributed by atoms with Gasteiger partial charge in [-0.05, 0) is 42.7 Å². The van der Waals surface area contributed by atoms with Crippen LogP contribution < -0.4 is 9.62 Å². The number of hydrogen-bond acceptors (Lipinski definition) is 3. The third-order valence-electron chi connectivity index (χ3n) is 3.98. The number of nitrogens with one attached hydrogen (secondary N) is 1. The number of halogens is 1. The van der Waals surface area contributed by atoms with Crippen LogP contribution in [0.25, 0.3) is 0 Å². The summed E-state index contributed by atoms with van der Waals surface area (Å²) in [4.78, 5) is 12.0. The largest absolute Gasteiger partial charge is 0.354 e. The summed E-state index contributed by atoms with van der Waals surface area (Å²) < 4.78 is 38.9. The van der Waals surface area contributed by atoms with Crippen LogP contribution >= 0.6 is 0 Å². The molecule has 0 spiro atoms. The van der Waals surface area contributed by atoms with Gasteiger partial charge in [0, 0.05) is 6.54 Å². The van der Waals surface area contributed by atoms with Crippen LogP contribution in [0.3, 0.4) is 0 Å². The van der Waals surface area contributed by atoms with Crippen molar-refractivity contribution in [1.82, 2.24) is 5.32 Å². The van der Waals surface area contributed by atoms with Gasteiger partial charge in [0.25, 0.3) is 0 Å². The Morgan fingerprint density at radius 2 is 1.73 bits per heavy atom. The van der Waals surface area contributed by atoms with Crippen LogP contribution in [0, 0.1) is 19.7 Å². The summed E-state index contributed by atoms with van der Waals surface area (Å²) in [5.41, 5.74) is 2.90. The second kappa shape index (κ2) is 8.31. The molecule has 0 heterocycles. The van der Waals surface area contributed by atoms with Crippen molar-refractivity contribution >= 4 is 21.6 Å². The van der Waals surface area contributed by atoms with Gasteiger partial charge >= 0.3 is 0 Å². The highest BCUT2D eigenvalue weighted by molar-refractivity contribution is 7.92. The van der Waals surface area contributed by atoms with Crippen LogP contribution in [0.5, 0.6) is 0 Å². The van der Waals surface area contributed by atoms with E-state index in [1.54, 1.807) is 12.1 Å². The monoisotopic (exact) mass is 378 g/mol. The van der Waals surface area contributed by atoms with Gasteiger partial charge in [0.1, 0.15) is 5.82 Å². The average molecular weight is 378 g/mol. The highest BCUT2D eigenvalue weighted by Crippen LogP contribution is 2.26. The standard InChI is InChI=1S/C19H23FN2O3S/c1-14-6-4-7-15(2)19(14)22(26(3,24)25)11-10-21-18(23)13-16-8-5-9-17(20)12-16/h4-9,12H,10-11,13H2,1-3H3,(H,21,23). The van der Waals surface area contributed by atoms with Crippen LogP contribution in [-0.4, -0.2) is 33.7 Å². The normalized spacial score (nSPS) is 11.2. The van der Waals surface area contributed by atoms with Gasteiger partial charge in [-0.25, -0.2) is 12.8 Å². The molecule has 0 atom stereocenters. The maximum Gasteiger partial charge on any atom is 0.232 e. The molecule has 0 aliphatic rings. The number of amides is 1. The second-order valence-electron chi connectivity index (χ2n) is 6.23. The highest BCUT2D eigenvalue weighted by Gasteiger charge is 2.20. The fourth-order valence-electron chi connectivity index (χ4n) is 2.83. The SMILES string of the molecule is Cc1cccc(C)c1N(CCNC(=O)Cc1cccc(F)c1)S(C)(=O)=O. The molecule has 0 fully saturated rings. The van der Waals surface area contributed by atoms with Gasteiger partial charge in [0.05, 0.1) is 24.9 Å². The van der Waals surface area contributed by atoms with E-state index in [-0.39, 0.29) is 25.4 Å². The van der Waals surface area contributed by atoms with E-state index in [0.717, 1.165) is 17.4 Å². The van der Waals surface area contributed by atoms with Gasteiger partial charge in [0.2, 0.25) is 15.9 Å². The van der Waals surface area contributed by atoms with Crippen molar-refractivity contribution in [2.24, 2.45) is 0 Å². The van der Waals surface area contributed by atoms with Crippen LogP contribution in [0.15, 0.2) is 42.5 Å². The Labute approximate surface area is 153 Å². The van der Waals surface area contributed by atoms with Gasteiger partial charge in [-0.1, -0.05) is 30.3 Å². The minimum Gasteiger partial charge on any atom is -0.354 e. The Morgan fingerprint density at radius 3 is 2.31 bits per heavy atom. The first kappa shape index (κ1) is 19.9. The minimum atomic E-state index is -3.49. The van der Waals surface area contributed by atoms with Gasteiger partial charge in [0.15, 0.2) is 0 Å². The van der Waals surface area contributed by atoms with E-state index in [1.807, 2.05) is 32.0 Å². The summed E-state index contributed by atoms with van der Waals surface area (Å²) in [6.45, 7) is 3.99. The van der Waals surface area contributed by atoms with Gasteiger partial charge in [-0.15, -0.1) is 0 Å². The summed E-state index contributed by atoms with van der Waals surface area (Å²) in [5.74, 6) is -0.681. The predicted molar refractivity (Wildman–Crippen MR) is 101 cm³/mol. The summed E-state index contributed by atoms with van der Waals surface area (Å²) >= 11 is 0. The molecule has 2 rings (SSSR count). The number of carbonyl (C=O) groups excluding carboxylic acids is 1. The molecule has 0 bridgehead atoms. The van der Waals surface area contributed by atoms with Crippen LogP contribution in [0.2, 0.25) is 0 Å². The molecule has 2 aromatic carbocycles. The minimum absolute atomic E-state index is 0.0417. The number of sulfonamides is 1. The molecule has 0 saturated carbocycles. The van der Waals surface area contributed by atoms with E-state index < -0.39 is 15.8 Å². The summed E-state index contributed by atoms with van der Waals surface area (Å²) in [6.07, 6.45) is 1.19. The number of aryl methyl sites for hydroxylation is 2. The molecular weight excluding hydrogens is 355 g/mol. The summed E-state index contributed by atoms with van der Waals surface area (Å²) in [7, 11) is -3.49. The molecule has 2 aromatic rings. The molecule has 26 heavy (non-hydrogen) atoms. The quantitative estimate of drug-likeness (QED) is 0.805. The van der Waals surface area contributed by atoms with Crippen molar-refractivity contribution < 1.29 is 17.6 Å². The lowest BCUT2D eigenvalue weighted by molar-refractivity contribution is -0.120. The number of nitrogens with zero attached hydrogens (tertiary/aromatic N) is 1. The first-order chi connectivity index (χ1) is 12.2. The fourth-order valence-corrected chi connectivity index (χ4v) is 3.88. The number of para-hydroxylation sites is 1. The number of anilines is 1. The van der Waals surface area contributed by atoms with Gasteiger partial charge in [-0.2, -0.15) is 0 Å². The number of benzene rings is 2. The maximum absolute atomic E-state index is 13.2. The van der Waals surface area contributed by atoms with E-state index in [9.17, 15) is 17.6 Å². The zero-order valence-electron chi connectivity index (χ0n) is 15.1. The van der Waals surface area contributed by atoms with Crippen molar-refractivity contribution in [2.75, 3.05) is 23.7 Å². The Morgan fingerprint density at radius 1 is 1.12 bits per heavy atom. The topological polar surface area (TPSA) is 66.5 Å². The molecule has 1 N–H and O–H groups in total.